The van der Waals surface area contributed by atoms with Gasteiger partial charge in [-0.25, -0.2) is 18.8 Å². The normalized spacial score (nSPS) is 15.9. The topological polar surface area (TPSA) is 118 Å². The summed E-state index contributed by atoms with van der Waals surface area (Å²) in [5.74, 6) is -1.34. The number of nitrogens with zero attached hydrogens (tertiary/aromatic N) is 2. The second-order valence-electron chi connectivity index (χ2n) is 12.8. The number of carbonyl (C=O) groups excluding carboxylic acids is 2. The van der Waals surface area contributed by atoms with Gasteiger partial charge in [0, 0.05) is 18.8 Å². The zero-order valence-electron chi connectivity index (χ0n) is 27.7. The van der Waals surface area contributed by atoms with Gasteiger partial charge in [0.15, 0.2) is 0 Å². The van der Waals surface area contributed by atoms with Gasteiger partial charge in [0.05, 0.1) is 36.7 Å². The van der Waals surface area contributed by atoms with Gasteiger partial charge in [0.2, 0.25) is 6.08 Å². The molecular weight excluding hydrogens is 601 g/mol. The minimum Gasteiger partial charge on any atom is -0.478 e. The lowest BCUT2D eigenvalue weighted by Gasteiger charge is -2.31. The van der Waals surface area contributed by atoms with Crippen LogP contribution in [0.25, 0.3) is 0 Å². The van der Waals surface area contributed by atoms with Crippen molar-refractivity contribution in [1.82, 2.24) is 4.90 Å². The standard InChI is InChI=1S/C30H41FN2O5.C7H5NO/c1-21-8-5-9-22(27(21)28(34)35)20-38-26-13-7-12-25(19-26)37-17-16-33(15-14-30(2,3)4)29(36)32-24-11-6-10-23(31)18-24;9-6-8-7-4-2-1-3-5-7/h5-6,8-11,18,25-26H,7,12-17,19-20H2,1-4H3,(H,32,36)(H,34,35);1-5H. The lowest BCUT2D eigenvalue weighted by Crippen LogP contribution is -2.40. The van der Waals surface area contributed by atoms with Gasteiger partial charge < -0.3 is 24.8 Å². The van der Waals surface area contributed by atoms with E-state index < -0.39 is 11.8 Å². The third-order valence-electron chi connectivity index (χ3n) is 7.77. The highest BCUT2D eigenvalue weighted by atomic mass is 19.1. The molecule has 0 heterocycles. The SMILES string of the molecule is Cc1cccc(COC2CCCC(OCCN(CCC(C)(C)C)C(=O)Nc3cccc(F)c3)C2)c1C(=O)O.O=C=Nc1ccccc1. The number of benzene rings is 3. The maximum atomic E-state index is 13.6. The molecular formula is C37H46FN3O6. The number of carboxylic acid groups (broad SMARTS) is 1. The van der Waals surface area contributed by atoms with Crippen LogP contribution in [-0.4, -0.2) is 60.0 Å². The van der Waals surface area contributed by atoms with E-state index in [0.717, 1.165) is 37.7 Å². The van der Waals surface area contributed by atoms with Crippen molar-refractivity contribution in [1.29, 1.82) is 0 Å². The van der Waals surface area contributed by atoms with Crippen LogP contribution in [0.1, 0.15) is 74.4 Å². The molecule has 4 rings (SSSR count). The van der Waals surface area contributed by atoms with Crippen molar-refractivity contribution in [3.8, 4) is 0 Å². The first kappa shape index (κ1) is 37.1. The van der Waals surface area contributed by atoms with E-state index in [1.165, 1.54) is 18.2 Å². The van der Waals surface area contributed by atoms with Gasteiger partial charge in [-0.2, -0.15) is 4.99 Å². The number of halogens is 1. The number of ether oxygens (including phenoxy) is 2. The van der Waals surface area contributed by atoms with Gasteiger partial charge in [-0.15, -0.1) is 0 Å². The molecule has 1 aliphatic carbocycles. The number of aryl methyl sites for hydroxylation is 1. The van der Waals surface area contributed by atoms with Crippen molar-refractivity contribution in [2.45, 2.75) is 78.6 Å². The molecule has 2 unspecified atom stereocenters. The Hall–Kier alpha value is -4.37. The van der Waals surface area contributed by atoms with Gasteiger partial charge in [-0.05, 0) is 85.9 Å². The summed E-state index contributed by atoms with van der Waals surface area (Å²) in [5, 5.41) is 12.4. The fourth-order valence-corrected chi connectivity index (χ4v) is 5.21. The number of aliphatic imine (C=N–C) groups is 1. The third-order valence-corrected chi connectivity index (χ3v) is 7.77. The average molecular weight is 648 g/mol. The van der Waals surface area contributed by atoms with E-state index in [1.54, 1.807) is 48.2 Å². The molecule has 0 spiro atoms. The molecule has 1 fully saturated rings. The number of carbonyl (C=O) groups is 2. The van der Waals surface area contributed by atoms with Crippen LogP contribution < -0.4 is 5.32 Å². The van der Waals surface area contributed by atoms with Crippen molar-refractivity contribution in [3.63, 3.8) is 0 Å². The van der Waals surface area contributed by atoms with Gasteiger partial charge >= 0.3 is 12.0 Å². The molecule has 0 aliphatic heterocycles. The average Bonchev–Trinajstić information content (AvgIpc) is 3.02. The van der Waals surface area contributed by atoms with Crippen molar-refractivity contribution < 1.29 is 33.4 Å². The first-order valence-corrected chi connectivity index (χ1v) is 15.9. The van der Waals surface area contributed by atoms with Crippen molar-refractivity contribution >= 4 is 29.5 Å². The Balaban J connectivity index is 0.000000573. The predicted molar refractivity (Wildman–Crippen MR) is 180 cm³/mol. The predicted octanol–water partition coefficient (Wildman–Crippen LogP) is 8.30. The van der Waals surface area contributed by atoms with Crippen LogP contribution in [0.3, 0.4) is 0 Å². The van der Waals surface area contributed by atoms with E-state index >= 15 is 0 Å². The third kappa shape index (κ3) is 13.5. The fraction of sp³-hybridized carbons (Fsp3) is 0.432. The summed E-state index contributed by atoms with van der Waals surface area (Å²) in [6.07, 6.45) is 5.80. The van der Waals surface area contributed by atoms with Crippen LogP contribution in [0.4, 0.5) is 20.6 Å². The second-order valence-corrected chi connectivity index (χ2v) is 12.8. The molecule has 252 valence electrons. The number of isocyanates is 1. The summed E-state index contributed by atoms with van der Waals surface area (Å²) in [6.45, 7) is 9.80. The minimum absolute atomic E-state index is 0.0100. The van der Waals surface area contributed by atoms with Crippen LogP contribution in [0.2, 0.25) is 0 Å². The lowest BCUT2D eigenvalue weighted by molar-refractivity contribution is -0.0524. The Morgan fingerprint density at radius 2 is 1.70 bits per heavy atom. The quantitative estimate of drug-likeness (QED) is 0.151. The molecule has 9 nitrogen and oxygen atoms in total. The first-order valence-electron chi connectivity index (χ1n) is 15.9. The number of amides is 2. The number of nitrogens with one attached hydrogen (secondary N) is 1. The highest BCUT2D eigenvalue weighted by Crippen LogP contribution is 2.26. The van der Waals surface area contributed by atoms with Gasteiger partial charge in [-0.1, -0.05) is 63.2 Å². The van der Waals surface area contributed by atoms with E-state index in [9.17, 15) is 23.9 Å². The highest BCUT2D eigenvalue weighted by Gasteiger charge is 2.25. The number of para-hydroxylation sites is 1. The van der Waals surface area contributed by atoms with Crippen molar-refractivity contribution in [2.24, 2.45) is 10.4 Å². The molecule has 10 heteroatoms. The first-order chi connectivity index (χ1) is 22.4. The number of aromatic carboxylic acids is 1. The lowest BCUT2D eigenvalue weighted by atomic mass is 9.92. The monoisotopic (exact) mass is 647 g/mol. The van der Waals surface area contributed by atoms with Crippen molar-refractivity contribution in [2.75, 3.05) is 25.0 Å². The van der Waals surface area contributed by atoms with Crippen LogP contribution >= 0.6 is 0 Å². The summed E-state index contributed by atoms with van der Waals surface area (Å²) >= 11 is 0. The van der Waals surface area contributed by atoms with Gasteiger partial charge in [0.25, 0.3) is 0 Å². The number of carboxylic acids is 1. The zero-order valence-corrected chi connectivity index (χ0v) is 27.7. The van der Waals surface area contributed by atoms with Gasteiger partial charge in [-0.3, -0.25) is 0 Å². The number of anilines is 1. The minimum atomic E-state index is -0.941. The Morgan fingerprint density at radius 3 is 2.36 bits per heavy atom. The van der Waals surface area contributed by atoms with Crippen molar-refractivity contribution in [3.05, 3.63) is 95.3 Å². The Labute approximate surface area is 276 Å². The Bertz CT molecular complexity index is 1490. The molecule has 0 aromatic heterocycles. The van der Waals surface area contributed by atoms with Crippen LogP contribution in [0.5, 0.6) is 0 Å². The van der Waals surface area contributed by atoms with Crippen LogP contribution in [0.15, 0.2) is 77.8 Å². The summed E-state index contributed by atoms with van der Waals surface area (Å²) in [6, 6.07) is 20.0. The van der Waals surface area contributed by atoms with E-state index in [-0.39, 0.29) is 30.3 Å². The molecule has 3 aromatic carbocycles. The van der Waals surface area contributed by atoms with E-state index in [0.29, 0.717) is 42.2 Å². The molecule has 2 atom stereocenters. The summed E-state index contributed by atoms with van der Waals surface area (Å²) in [4.78, 5) is 39.4. The largest absolute Gasteiger partial charge is 0.478 e. The molecule has 0 radical (unpaired) electrons. The number of urea groups is 1. The van der Waals surface area contributed by atoms with E-state index in [4.69, 9.17) is 9.47 Å². The highest BCUT2D eigenvalue weighted by molar-refractivity contribution is 5.91. The molecule has 3 aromatic rings. The molecule has 1 saturated carbocycles. The summed E-state index contributed by atoms with van der Waals surface area (Å²) in [5.41, 5.74) is 2.84. The number of hydrogen-bond acceptors (Lipinski definition) is 6. The Kier molecular flexibility index (Phi) is 14.8. The van der Waals surface area contributed by atoms with E-state index in [2.05, 4.69) is 31.1 Å². The molecule has 1 aliphatic rings. The fourth-order valence-electron chi connectivity index (χ4n) is 5.21. The van der Waals surface area contributed by atoms with Crippen LogP contribution in [0, 0.1) is 18.2 Å². The zero-order chi connectivity index (χ0) is 34.2. The number of rotatable bonds is 12. The Morgan fingerprint density at radius 1 is 1.00 bits per heavy atom. The molecule has 47 heavy (non-hydrogen) atoms. The smallest absolute Gasteiger partial charge is 0.336 e. The molecule has 0 saturated heterocycles. The molecule has 0 bridgehead atoms. The van der Waals surface area contributed by atoms with Crippen LogP contribution in [-0.2, 0) is 20.9 Å². The molecule has 2 amide bonds. The van der Waals surface area contributed by atoms with Gasteiger partial charge in [0.1, 0.15) is 5.82 Å². The molecule has 2 N–H and O–H groups in total. The summed E-state index contributed by atoms with van der Waals surface area (Å²) < 4.78 is 25.9. The maximum Gasteiger partial charge on any atom is 0.336 e. The summed E-state index contributed by atoms with van der Waals surface area (Å²) in [7, 11) is 0. The maximum absolute atomic E-state index is 13.6. The second kappa shape index (κ2) is 18.7. The van der Waals surface area contributed by atoms with E-state index in [1.807, 2.05) is 24.3 Å². The number of hydrogen-bond donors (Lipinski definition) is 2.